The van der Waals surface area contributed by atoms with E-state index in [1.165, 1.54) is 6.92 Å². The molecule has 1 aromatic carbocycles. The van der Waals surface area contributed by atoms with Crippen LogP contribution in [0.4, 0.5) is 10.1 Å². The molecule has 0 heterocycles. The fourth-order valence-electron chi connectivity index (χ4n) is 1.94. The number of halogens is 1. The van der Waals surface area contributed by atoms with Gasteiger partial charge in [-0.1, -0.05) is 19.9 Å². The van der Waals surface area contributed by atoms with E-state index in [1.807, 2.05) is 31.1 Å². The quantitative estimate of drug-likeness (QED) is 0.845. The van der Waals surface area contributed by atoms with Crippen molar-refractivity contribution in [2.75, 3.05) is 19.0 Å². The van der Waals surface area contributed by atoms with Crippen LogP contribution in [0.25, 0.3) is 5.57 Å². The van der Waals surface area contributed by atoms with Gasteiger partial charge in [-0.25, -0.2) is 4.79 Å². The predicted octanol–water partition coefficient (Wildman–Crippen LogP) is 3.66. The van der Waals surface area contributed by atoms with Crippen molar-refractivity contribution < 1.29 is 14.3 Å². The first-order valence-corrected chi connectivity index (χ1v) is 6.17. The fraction of sp³-hybridized carbons (Fsp3) is 0.400. The third-order valence-corrected chi connectivity index (χ3v) is 3.08. The molecule has 0 spiro atoms. The molecular weight excluding hydrogens is 245 g/mol. The van der Waals surface area contributed by atoms with Crippen LogP contribution in [-0.2, 0) is 4.79 Å². The molecule has 1 aromatic rings. The van der Waals surface area contributed by atoms with Crippen LogP contribution >= 0.6 is 0 Å². The van der Waals surface area contributed by atoms with E-state index in [4.69, 9.17) is 5.11 Å². The molecule has 0 aromatic heterocycles. The lowest BCUT2D eigenvalue weighted by molar-refractivity contribution is -0.134. The second kappa shape index (κ2) is 5.87. The summed E-state index contributed by atoms with van der Waals surface area (Å²) < 4.78 is 13.5. The van der Waals surface area contributed by atoms with Crippen LogP contribution in [0.2, 0.25) is 0 Å². The number of anilines is 1. The SMILES string of the molecule is CC(=C(F)C(=O)O)c1ccc(N(C)C)c(C(C)C)c1. The zero-order valence-electron chi connectivity index (χ0n) is 12.0. The number of carbonyl (C=O) groups is 1. The fourth-order valence-corrected chi connectivity index (χ4v) is 1.94. The maximum atomic E-state index is 13.5. The van der Waals surface area contributed by atoms with Gasteiger partial charge in [-0.3, -0.25) is 0 Å². The number of hydrogen-bond donors (Lipinski definition) is 1. The van der Waals surface area contributed by atoms with Gasteiger partial charge in [0, 0.05) is 19.8 Å². The number of carboxylic acids is 1. The average Bonchev–Trinajstić information content (AvgIpc) is 2.35. The largest absolute Gasteiger partial charge is 0.476 e. The first-order chi connectivity index (χ1) is 8.75. The van der Waals surface area contributed by atoms with Crippen LogP contribution in [-0.4, -0.2) is 25.2 Å². The molecule has 0 saturated carbocycles. The minimum Gasteiger partial charge on any atom is -0.476 e. The minimum atomic E-state index is -1.53. The molecule has 104 valence electrons. The van der Waals surface area contributed by atoms with Crippen molar-refractivity contribution in [3.8, 4) is 0 Å². The van der Waals surface area contributed by atoms with Crippen LogP contribution in [0.15, 0.2) is 24.0 Å². The third kappa shape index (κ3) is 3.34. The van der Waals surface area contributed by atoms with Gasteiger partial charge in [0.05, 0.1) is 0 Å². The first kappa shape index (κ1) is 15.2. The van der Waals surface area contributed by atoms with E-state index in [-0.39, 0.29) is 11.5 Å². The summed E-state index contributed by atoms with van der Waals surface area (Å²) in [4.78, 5) is 12.7. The second-order valence-electron chi connectivity index (χ2n) is 5.07. The van der Waals surface area contributed by atoms with Crippen molar-refractivity contribution in [1.29, 1.82) is 0 Å². The number of allylic oxidation sites excluding steroid dienone is 1. The molecule has 1 N–H and O–H groups in total. The Morgan fingerprint density at radius 1 is 1.32 bits per heavy atom. The van der Waals surface area contributed by atoms with Crippen molar-refractivity contribution in [2.24, 2.45) is 0 Å². The summed E-state index contributed by atoms with van der Waals surface area (Å²) in [6, 6.07) is 5.50. The standard InChI is InChI=1S/C15H20FNO2/c1-9(2)12-8-11(6-7-13(12)17(4)5)10(3)14(16)15(18)19/h6-9H,1-5H3,(H,18,19). The van der Waals surface area contributed by atoms with Crippen molar-refractivity contribution in [3.05, 3.63) is 35.2 Å². The number of aliphatic carboxylic acids is 1. The third-order valence-electron chi connectivity index (χ3n) is 3.08. The molecule has 0 fully saturated rings. The molecule has 19 heavy (non-hydrogen) atoms. The molecule has 0 bridgehead atoms. The Kier molecular flexibility index (Phi) is 4.70. The van der Waals surface area contributed by atoms with Gasteiger partial charge < -0.3 is 10.0 Å². The summed E-state index contributed by atoms with van der Waals surface area (Å²) in [5.41, 5.74) is 2.89. The summed E-state index contributed by atoms with van der Waals surface area (Å²) in [7, 11) is 3.89. The Labute approximate surface area is 113 Å². The van der Waals surface area contributed by atoms with Crippen molar-refractivity contribution in [3.63, 3.8) is 0 Å². The first-order valence-electron chi connectivity index (χ1n) is 6.17. The van der Waals surface area contributed by atoms with Crippen LogP contribution in [0, 0.1) is 0 Å². The monoisotopic (exact) mass is 265 g/mol. The lowest BCUT2D eigenvalue weighted by Gasteiger charge is -2.21. The van der Waals surface area contributed by atoms with Gasteiger partial charge in [0.1, 0.15) is 0 Å². The predicted molar refractivity (Wildman–Crippen MR) is 76.2 cm³/mol. The van der Waals surface area contributed by atoms with Gasteiger partial charge >= 0.3 is 5.97 Å². The molecule has 4 heteroatoms. The second-order valence-corrected chi connectivity index (χ2v) is 5.07. The highest BCUT2D eigenvalue weighted by molar-refractivity contribution is 5.93. The molecular formula is C15H20FNO2. The smallest absolute Gasteiger partial charge is 0.365 e. The van der Waals surface area contributed by atoms with E-state index in [9.17, 15) is 9.18 Å². The molecule has 0 unspecified atom stereocenters. The van der Waals surface area contributed by atoms with E-state index in [1.54, 1.807) is 6.07 Å². The molecule has 0 amide bonds. The van der Waals surface area contributed by atoms with Crippen LogP contribution in [0.1, 0.15) is 37.8 Å². The topological polar surface area (TPSA) is 40.5 Å². The summed E-state index contributed by atoms with van der Waals surface area (Å²) in [5.74, 6) is -2.36. The molecule has 0 saturated heterocycles. The summed E-state index contributed by atoms with van der Waals surface area (Å²) in [6.07, 6.45) is 0. The van der Waals surface area contributed by atoms with E-state index >= 15 is 0 Å². The van der Waals surface area contributed by atoms with Gasteiger partial charge in [-0.2, -0.15) is 4.39 Å². The Bertz CT molecular complexity index is 519. The van der Waals surface area contributed by atoms with Crippen LogP contribution < -0.4 is 4.90 Å². The van der Waals surface area contributed by atoms with Crippen LogP contribution in [0.3, 0.4) is 0 Å². The highest BCUT2D eigenvalue weighted by Crippen LogP contribution is 2.30. The number of carboxylic acid groups (broad SMARTS) is 1. The lowest BCUT2D eigenvalue weighted by atomic mass is 9.95. The van der Waals surface area contributed by atoms with Gasteiger partial charge in [-0.05, 0) is 41.7 Å². The maximum absolute atomic E-state index is 13.5. The van der Waals surface area contributed by atoms with Crippen molar-refractivity contribution in [2.45, 2.75) is 26.7 Å². The van der Waals surface area contributed by atoms with Gasteiger partial charge in [0.2, 0.25) is 5.83 Å². The van der Waals surface area contributed by atoms with Crippen molar-refractivity contribution >= 4 is 17.2 Å². The molecule has 3 nitrogen and oxygen atoms in total. The van der Waals surface area contributed by atoms with E-state index in [2.05, 4.69) is 13.8 Å². The highest BCUT2D eigenvalue weighted by atomic mass is 19.1. The summed E-state index contributed by atoms with van der Waals surface area (Å²) >= 11 is 0. The van der Waals surface area contributed by atoms with Crippen molar-refractivity contribution in [1.82, 2.24) is 0 Å². The molecule has 0 radical (unpaired) electrons. The van der Waals surface area contributed by atoms with Gasteiger partial charge in [-0.15, -0.1) is 0 Å². The molecule has 0 atom stereocenters. The van der Waals surface area contributed by atoms with E-state index in [0.717, 1.165) is 11.3 Å². The Hall–Kier alpha value is -1.84. The maximum Gasteiger partial charge on any atom is 0.365 e. The van der Waals surface area contributed by atoms with Crippen LogP contribution in [0.5, 0.6) is 0 Å². The van der Waals surface area contributed by atoms with E-state index < -0.39 is 11.8 Å². The summed E-state index contributed by atoms with van der Waals surface area (Å²) in [6.45, 7) is 5.59. The zero-order chi connectivity index (χ0) is 14.7. The Morgan fingerprint density at radius 2 is 1.89 bits per heavy atom. The highest BCUT2D eigenvalue weighted by Gasteiger charge is 2.15. The number of nitrogens with zero attached hydrogens (tertiary/aromatic N) is 1. The average molecular weight is 265 g/mol. The Balaban J connectivity index is 3.38. The number of rotatable bonds is 4. The summed E-state index contributed by atoms with van der Waals surface area (Å²) in [5, 5.41) is 8.69. The Morgan fingerprint density at radius 3 is 2.32 bits per heavy atom. The molecule has 0 aliphatic carbocycles. The molecule has 1 rings (SSSR count). The normalized spacial score (nSPS) is 12.4. The number of hydrogen-bond acceptors (Lipinski definition) is 2. The van der Waals surface area contributed by atoms with Gasteiger partial charge in [0.15, 0.2) is 0 Å². The molecule has 0 aliphatic heterocycles. The van der Waals surface area contributed by atoms with E-state index in [0.29, 0.717) is 5.56 Å². The molecule has 0 aliphatic rings. The minimum absolute atomic E-state index is 0.153. The lowest BCUT2D eigenvalue weighted by Crippen LogP contribution is -2.12. The number of benzene rings is 1. The zero-order valence-corrected chi connectivity index (χ0v) is 12.0. The van der Waals surface area contributed by atoms with Gasteiger partial charge in [0.25, 0.3) is 0 Å².